The van der Waals surface area contributed by atoms with Crippen LogP contribution in [0.3, 0.4) is 0 Å². The van der Waals surface area contributed by atoms with E-state index in [1.54, 1.807) is 18.2 Å². The Labute approximate surface area is 117 Å². The molecule has 2 aromatic rings. The van der Waals surface area contributed by atoms with Crippen LogP contribution in [0.25, 0.3) is 0 Å². The zero-order valence-corrected chi connectivity index (χ0v) is 11.3. The molecule has 0 spiro atoms. The number of benzene rings is 2. The molecule has 3 nitrogen and oxygen atoms in total. The van der Waals surface area contributed by atoms with Gasteiger partial charge in [0.15, 0.2) is 6.61 Å². The van der Waals surface area contributed by atoms with E-state index in [4.69, 9.17) is 16.3 Å². The number of ether oxygens (including phenoxy) is 1. The highest BCUT2D eigenvalue weighted by Crippen LogP contribution is 2.22. The Bertz CT molecular complexity index is 584. The molecule has 0 aliphatic heterocycles. The summed E-state index contributed by atoms with van der Waals surface area (Å²) >= 11 is 5.93. The van der Waals surface area contributed by atoms with Crippen LogP contribution in [0.5, 0.6) is 5.75 Å². The molecule has 0 aliphatic carbocycles. The highest BCUT2D eigenvalue weighted by molar-refractivity contribution is 6.32. The number of rotatable bonds is 4. The summed E-state index contributed by atoms with van der Waals surface area (Å²) in [5, 5.41) is 3.26. The maximum absolute atomic E-state index is 11.7. The second kappa shape index (κ2) is 6.25. The molecular weight excluding hydrogens is 262 g/mol. The predicted octanol–water partition coefficient (Wildman–Crippen LogP) is 3.67. The molecule has 0 saturated heterocycles. The summed E-state index contributed by atoms with van der Waals surface area (Å²) in [5.74, 6) is 0.286. The van der Waals surface area contributed by atoms with Crippen molar-refractivity contribution in [3.8, 4) is 5.75 Å². The van der Waals surface area contributed by atoms with Crippen LogP contribution in [-0.4, -0.2) is 12.5 Å². The molecule has 0 aromatic heterocycles. The molecule has 0 heterocycles. The van der Waals surface area contributed by atoms with Crippen molar-refractivity contribution >= 4 is 23.2 Å². The van der Waals surface area contributed by atoms with E-state index >= 15 is 0 Å². The van der Waals surface area contributed by atoms with E-state index < -0.39 is 0 Å². The first-order valence-electron chi connectivity index (χ1n) is 5.89. The molecule has 0 aliphatic rings. The smallest absolute Gasteiger partial charge is 0.262 e. The Morgan fingerprint density at radius 3 is 2.74 bits per heavy atom. The molecule has 0 saturated carbocycles. The number of amides is 1. The fourth-order valence-corrected chi connectivity index (χ4v) is 1.82. The van der Waals surface area contributed by atoms with Crippen molar-refractivity contribution in [3.63, 3.8) is 0 Å². The molecule has 2 aromatic carbocycles. The zero-order valence-electron chi connectivity index (χ0n) is 10.5. The van der Waals surface area contributed by atoms with Gasteiger partial charge in [0.2, 0.25) is 0 Å². The van der Waals surface area contributed by atoms with Gasteiger partial charge in [0, 0.05) is 5.69 Å². The Kier molecular flexibility index (Phi) is 4.42. The lowest BCUT2D eigenvalue weighted by atomic mass is 10.2. The van der Waals surface area contributed by atoms with E-state index in [0.29, 0.717) is 10.8 Å². The van der Waals surface area contributed by atoms with Gasteiger partial charge >= 0.3 is 0 Å². The summed E-state index contributed by atoms with van der Waals surface area (Å²) in [6.07, 6.45) is 0. The SMILES string of the molecule is Cc1cccc(NC(=O)COc2ccccc2Cl)c1. The lowest BCUT2D eigenvalue weighted by Gasteiger charge is -2.08. The third kappa shape index (κ3) is 4.00. The van der Waals surface area contributed by atoms with Gasteiger partial charge in [-0.25, -0.2) is 0 Å². The number of halogens is 1. The lowest BCUT2D eigenvalue weighted by molar-refractivity contribution is -0.118. The summed E-state index contributed by atoms with van der Waals surface area (Å²) in [4.78, 5) is 11.7. The van der Waals surface area contributed by atoms with Gasteiger partial charge in [-0.3, -0.25) is 4.79 Å². The topological polar surface area (TPSA) is 38.3 Å². The van der Waals surface area contributed by atoms with Crippen molar-refractivity contribution in [3.05, 3.63) is 59.1 Å². The zero-order chi connectivity index (χ0) is 13.7. The van der Waals surface area contributed by atoms with Gasteiger partial charge in [0.1, 0.15) is 5.75 Å². The van der Waals surface area contributed by atoms with Crippen LogP contribution in [0, 0.1) is 6.92 Å². The first-order valence-corrected chi connectivity index (χ1v) is 6.27. The van der Waals surface area contributed by atoms with E-state index in [9.17, 15) is 4.79 Å². The highest BCUT2D eigenvalue weighted by Gasteiger charge is 2.05. The van der Waals surface area contributed by atoms with Gasteiger partial charge in [0.25, 0.3) is 5.91 Å². The van der Waals surface area contributed by atoms with Gasteiger partial charge in [-0.15, -0.1) is 0 Å². The summed E-state index contributed by atoms with van der Waals surface area (Å²) < 4.78 is 5.36. The lowest BCUT2D eigenvalue weighted by Crippen LogP contribution is -2.20. The van der Waals surface area contributed by atoms with Crippen molar-refractivity contribution in [2.45, 2.75) is 6.92 Å². The van der Waals surface area contributed by atoms with E-state index in [-0.39, 0.29) is 12.5 Å². The van der Waals surface area contributed by atoms with Crippen LogP contribution >= 0.6 is 11.6 Å². The number of hydrogen-bond donors (Lipinski definition) is 1. The van der Waals surface area contributed by atoms with Crippen molar-refractivity contribution in [2.24, 2.45) is 0 Å². The molecule has 1 N–H and O–H groups in total. The third-order valence-electron chi connectivity index (χ3n) is 2.50. The minimum Gasteiger partial charge on any atom is -0.482 e. The highest BCUT2D eigenvalue weighted by atomic mass is 35.5. The van der Waals surface area contributed by atoms with Crippen LogP contribution in [0.15, 0.2) is 48.5 Å². The van der Waals surface area contributed by atoms with Crippen molar-refractivity contribution < 1.29 is 9.53 Å². The minimum atomic E-state index is -0.217. The molecule has 4 heteroatoms. The fourth-order valence-electron chi connectivity index (χ4n) is 1.62. The average molecular weight is 276 g/mol. The molecule has 0 unspecified atom stereocenters. The maximum atomic E-state index is 11.7. The van der Waals surface area contributed by atoms with Crippen molar-refractivity contribution in [1.29, 1.82) is 0 Å². The quantitative estimate of drug-likeness (QED) is 0.925. The normalized spacial score (nSPS) is 10.0. The third-order valence-corrected chi connectivity index (χ3v) is 2.81. The van der Waals surface area contributed by atoms with Crippen LogP contribution < -0.4 is 10.1 Å². The number of carbonyl (C=O) groups excluding carboxylic acids is 1. The Hall–Kier alpha value is -2.00. The fraction of sp³-hybridized carbons (Fsp3) is 0.133. The van der Waals surface area contributed by atoms with Crippen LogP contribution in [0.4, 0.5) is 5.69 Å². The van der Waals surface area contributed by atoms with Gasteiger partial charge in [-0.2, -0.15) is 0 Å². The second-order valence-corrected chi connectivity index (χ2v) is 4.54. The van der Waals surface area contributed by atoms with E-state index in [2.05, 4.69) is 5.32 Å². The molecule has 0 atom stereocenters. The Balaban J connectivity index is 1.90. The number of aryl methyl sites for hydroxylation is 1. The monoisotopic (exact) mass is 275 g/mol. The minimum absolute atomic E-state index is 0.0718. The summed E-state index contributed by atoms with van der Waals surface area (Å²) in [5.41, 5.74) is 1.84. The predicted molar refractivity (Wildman–Crippen MR) is 76.8 cm³/mol. The Morgan fingerprint density at radius 2 is 2.00 bits per heavy atom. The van der Waals surface area contributed by atoms with Crippen LogP contribution in [-0.2, 0) is 4.79 Å². The van der Waals surface area contributed by atoms with Gasteiger partial charge < -0.3 is 10.1 Å². The number of anilines is 1. The number of para-hydroxylation sites is 1. The maximum Gasteiger partial charge on any atom is 0.262 e. The van der Waals surface area contributed by atoms with Crippen molar-refractivity contribution in [1.82, 2.24) is 0 Å². The first-order chi connectivity index (χ1) is 9.15. The van der Waals surface area contributed by atoms with E-state index in [0.717, 1.165) is 11.3 Å². The van der Waals surface area contributed by atoms with Crippen LogP contribution in [0.2, 0.25) is 5.02 Å². The van der Waals surface area contributed by atoms with Gasteiger partial charge in [-0.1, -0.05) is 35.9 Å². The van der Waals surface area contributed by atoms with Crippen LogP contribution in [0.1, 0.15) is 5.56 Å². The number of carbonyl (C=O) groups is 1. The average Bonchev–Trinajstić information content (AvgIpc) is 2.38. The number of nitrogens with one attached hydrogen (secondary N) is 1. The van der Waals surface area contributed by atoms with Gasteiger partial charge in [0.05, 0.1) is 5.02 Å². The molecule has 0 bridgehead atoms. The molecule has 98 valence electrons. The molecule has 1 amide bonds. The second-order valence-electron chi connectivity index (χ2n) is 4.14. The molecule has 2 rings (SSSR count). The number of hydrogen-bond acceptors (Lipinski definition) is 2. The largest absolute Gasteiger partial charge is 0.482 e. The first kappa shape index (κ1) is 13.4. The molecule has 0 radical (unpaired) electrons. The molecular formula is C15H14ClNO2. The summed E-state index contributed by atoms with van der Waals surface area (Å²) in [7, 11) is 0. The molecule has 19 heavy (non-hydrogen) atoms. The summed E-state index contributed by atoms with van der Waals surface area (Å²) in [6.45, 7) is 1.90. The Morgan fingerprint density at radius 1 is 1.21 bits per heavy atom. The van der Waals surface area contributed by atoms with E-state index in [1.165, 1.54) is 0 Å². The molecule has 0 fully saturated rings. The summed E-state index contributed by atoms with van der Waals surface area (Å²) in [6, 6.07) is 14.6. The van der Waals surface area contributed by atoms with Crippen molar-refractivity contribution in [2.75, 3.05) is 11.9 Å². The van der Waals surface area contributed by atoms with Gasteiger partial charge in [-0.05, 0) is 36.8 Å². The standard InChI is InChI=1S/C15H14ClNO2/c1-11-5-4-6-12(9-11)17-15(18)10-19-14-8-3-2-7-13(14)16/h2-9H,10H2,1H3,(H,17,18). The van der Waals surface area contributed by atoms with E-state index in [1.807, 2.05) is 37.3 Å².